The third-order valence-corrected chi connectivity index (χ3v) is 3.75. The van der Waals surface area contributed by atoms with E-state index in [-0.39, 0.29) is 22.9 Å². The lowest BCUT2D eigenvalue weighted by Crippen LogP contribution is -2.27. The van der Waals surface area contributed by atoms with Gasteiger partial charge in [0.25, 0.3) is 15.0 Å². The second-order valence-electron chi connectivity index (χ2n) is 3.78. The van der Waals surface area contributed by atoms with E-state index in [1.165, 1.54) is 23.1 Å². The number of halogens is 1. The van der Waals surface area contributed by atoms with Crippen molar-refractivity contribution in [3.05, 3.63) is 29.3 Å². The average Bonchev–Trinajstić information content (AvgIpc) is 2.27. The molecule has 18 heavy (non-hydrogen) atoms. The molecule has 0 fully saturated rings. The molecule has 0 saturated carbocycles. The topological polar surface area (TPSA) is 54.5 Å². The first-order valence-electron chi connectivity index (χ1n) is 5.01. The Kier molecular flexibility index (Phi) is 4.38. The van der Waals surface area contributed by atoms with Crippen molar-refractivity contribution in [1.82, 2.24) is 4.90 Å². The molecule has 0 bridgehead atoms. The summed E-state index contributed by atoms with van der Waals surface area (Å²) < 4.78 is 22.4. The number of aryl methyl sites for hydroxylation is 1. The Balaban J connectivity index is 3.25. The SMILES string of the molecule is C#CCN(C)C(=O)c1cc(S(=O)(=O)Cl)ccc1C. The summed E-state index contributed by atoms with van der Waals surface area (Å²) in [6.07, 6.45) is 5.12. The van der Waals surface area contributed by atoms with Crippen LogP contribution in [0, 0.1) is 19.3 Å². The van der Waals surface area contributed by atoms with Crippen molar-refractivity contribution in [2.45, 2.75) is 11.8 Å². The van der Waals surface area contributed by atoms with Gasteiger partial charge in [-0.25, -0.2) is 8.42 Å². The summed E-state index contributed by atoms with van der Waals surface area (Å²) in [6.45, 7) is 1.86. The Morgan fingerprint density at radius 2 is 2.11 bits per heavy atom. The molecule has 0 aromatic heterocycles. The van der Waals surface area contributed by atoms with E-state index >= 15 is 0 Å². The van der Waals surface area contributed by atoms with E-state index in [0.717, 1.165) is 0 Å². The zero-order chi connectivity index (χ0) is 13.9. The Morgan fingerprint density at radius 1 is 1.50 bits per heavy atom. The van der Waals surface area contributed by atoms with Crippen LogP contribution in [0.15, 0.2) is 23.1 Å². The molecule has 0 unspecified atom stereocenters. The van der Waals surface area contributed by atoms with Crippen molar-refractivity contribution in [2.24, 2.45) is 0 Å². The van der Waals surface area contributed by atoms with E-state index in [1.807, 2.05) is 0 Å². The first-order valence-corrected chi connectivity index (χ1v) is 7.32. The van der Waals surface area contributed by atoms with Crippen LogP contribution in [0.1, 0.15) is 15.9 Å². The van der Waals surface area contributed by atoms with Crippen LogP contribution in [-0.4, -0.2) is 32.8 Å². The third-order valence-electron chi connectivity index (χ3n) is 2.40. The smallest absolute Gasteiger partial charge is 0.261 e. The summed E-state index contributed by atoms with van der Waals surface area (Å²) in [5.74, 6) is 2.00. The summed E-state index contributed by atoms with van der Waals surface area (Å²) in [7, 11) is 2.94. The fourth-order valence-corrected chi connectivity index (χ4v) is 2.17. The number of carbonyl (C=O) groups is 1. The maximum Gasteiger partial charge on any atom is 0.261 e. The van der Waals surface area contributed by atoms with Crippen molar-refractivity contribution in [2.75, 3.05) is 13.6 Å². The van der Waals surface area contributed by atoms with E-state index in [9.17, 15) is 13.2 Å². The third kappa shape index (κ3) is 3.25. The molecule has 0 aliphatic carbocycles. The van der Waals surface area contributed by atoms with Crippen molar-refractivity contribution in [1.29, 1.82) is 0 Å². The molecule has 4 nitrogen and oxygen atoms in total. The highest BCUT2D eigenvalue weighted by molar-refractivity contribution is 8.13. The minimum absolute atomic E-state index is 0.104. The van der Waals surface area contributed by atoms with Gasteiger partial charge in [-0.2, -0.15) is 0 Å². The van der Waals surface area contributed by atoms with E-state index in [4.69, 9.17) is 17.1 Å². The van der Waals surface area contributed by atoms with Gasteiger partial charge >= 0.3 is 0 Å². The van der Waals surface area contributed by atoms with Crippen LogP contribution in [0.3, 0.4) is 0 Å². The van der Waals surface area contributed by atoms with Crippen molar-refractivity contribution in [3.8, 4) is 12.3 Å². The summed E-state index contributed by atoms with van der Waals surface area (Å²) in [5, 5.41) is 0. The predicted molar refractivity (Wildman–Crippen MR) is 70.0 cm³/mol. The standard InChI is InChI=1S/C12H12ClNO3S/c1-4-7-14(3)12(15)11-8-10(18(13,16)17)6-5-9(11)2/h1,5-6,8H,7H2,2-3H3. The molecule has 1 aromatic carbocycles. The molecule has 0 heterocycles. The second kappa shape index (κ2) is 5.42. The fraction of sp³-hybridized carbons (Fsp3) is 0.250. The van der Waals surface area contributed by atoms with Crippen LogP contribution >= 0.6 is 10.7 Å². The van der Waals surface area contributed by atoms with Crippen molar-refractivity contribution in [3.63, 3.8) is 0 Å². The van der Waals surface area contributed by atoms with Gasteiger partial charge in [0.05, 0.1) is 11.4 Å². The molecule has 0 radical (unpaired) electrons. The molecule has 1 amide bonds. The molecule has 0 spiro atoms. The second-order valence-corrected chi connectivity index (χ2v) is 6.35. The number of benzene rings is 1. The maximum atomic E-state index is 12.0. The van der Waals surface area contributed by atoms with Gasteiger partial charge < -0.3 is 4.90 Å². The number of hydrogen-bond donors (Lipinski definition) is 0. The van der Waals surface area contributed by atoms with Crippen LogP contribution in [0.2, 0.25) is 0 Å². The van der Waals surface area contributed by atoms with Gasteiger partial charge in [-0.1, -0.05) is 12.0 Å². The fourth-order valence-electron chi connectivity index (χ4n) is 1.40. The lowest BCUT2D eigenvalue weighted by atomic mass is 10.1. The quantitative estimate of drug-likeness (QED) is 0.626. The zero-order valence-electron chi connectivity index (χ0n) is 9.97. The van der Waals surface area contributed by atoms with Crippen LogP contribution < -0.4 is 0 Å². The number of carbonyl (C=O) groups excluding carboxylic acids is 1. The van der Waals surface area contributed by atoms with Crippen LogP contribution in [-0.2, 0) is 9.05 Å². The van der Waals surface area contributed by atoms with Crippen LogP contribution in [0.25, 0.3) is 0 Å². The van der Waals surface area contributed by atoms with Crippen molar-refractivity contribution >= 4 is 25.6 Å². The van der Waals surface area contributed by atoms with E-state index in [1.54, 1.807) is 14.0 Å². The number of hydrogen-bond acceptors (Lipinski definition) is 3. The maximum absolute atomic E-state index is 12.0. The van der Waals surface area contributed by atoms with Gasteiger partial charge in [0.2, 0.25) is 0 Å². The molecular weight excluding hydrogens is 274 g/mol. The minimum atomic E-state index is -3.85. The molecule has 0 N–H and O–H groups in total. The summed E-state index contributed by atoms with van der Waals surface area (Å²) >= 11 is 0. The molecule has 96 valence electrons. The van der Waals surface area contributed by atoms with Gasteiger partial charge in [0, 0.05) is 23.3 Å². The summed E-state index contributed by atoms with van der Waals surface area (Å²) in [6, 6.07) is 4.15. The van der Waals surface area contributed by atoms with Gasteiger partial charge in [0.1, 0.15) is 0 Å². The van der Waals surface area contributed by atoms with E-state index in [2.05, 4.69) is 5.92 Å². The van der Waals surface area contributed by atoms with E-state index in [0.29, 0.717) is 5.56 Å². The van der Waals surface area contributed by atoms with Crippen LogP contribution in [0.4, 0.5) is 0 Å². The van der Waals surface area contributed by atoms with Gasteiger partial charge in [0.15, 0.2) is 0 Å². The molecule has 0 atom stereocenters. The van der Waals surface area contributed by atoms with Gasteiger partial charge in [-0.05, 0) is 24.6 Å². The minimum Gasteiger partial charge on any atom is -0.331 e. The Hall–Kier alpha value is -1.51. The highest BCUT2D eigenvalue weighted by Crippen LogP contribution is 2.20. The zero-order valence-corrected chi connectivity index (χ0v) is 11.5. The molecule has 1 rings (SSSR count). The van der Waals surface area contributed by atoms with Crippen LogP contribution in [0.5, 0.6) is 0 Å². The first-order chi connectivity index (χ1) is 8.27. The molecule has 1 aromatic rings. The predicted octanol–water partition coefficient (Wildman–Crippen LogP) is 1.63. The Bertz CT molecular complexity index is 617. The summed E-state index contributed by atoms with van der Waals surface area (Å²) in [5.41, 5.74) is 0.933. The largest absolute Gasteiger partial charge is 0.331 e. The number of amides is 1. The lowest BCUT2D eigenvalue weighted by molar-refractivity contribution is 0.0811. The molecule has 0 aliphatic heterocycles. The first kappa shape index (κ1) is 14.6. The highest BCUT2D eigenvalue weighted by Gasteiger charge is 2.17. The molecule has 6 heteroatoms. The molecule has 0 aliphatic rings. The monoisotopic (exact) mass is 285 g/mol. The summed E-state index contributed by atoms with van der Waals surface area (Å²) in [4.78, 5) is 13.2. The number of terminal acetylenes is 1. The highest BCUT2D eigenvalue weighted by atomic mass is 35.7. The van der Waals surface area contributed by atoms with Gasteiger partial charge in [-0.3, -0.25) is 4.79 Å². The number of nitrogens with zero attached hydrogens (tertiary/aromatic N) is 1. The lowest BCUT2D eigenvalue weighted by Gasteiger charge is -2.15. The molecular formula is C12H12ClNO3S. The average molecular weight is 286 g/mol. The normalized spacial score (nSPS) is 10.8. The number of rotatable bonds is 3. The Morgan fingerprint density at radius 3 is 2.61 bits per heavy atom. The Labute approximate surface area is 111 Å². The van der Waals surface area contributed by atoms with Gasteiger partial charge in [-0.15, -0.1) is 6.42 Å². The van der Waals surface area contributed by atoms with Crippen molar-refractivity contribution < 1.29 is 13.2 Å². The van der Waals surface area contributed by atoms with E-state index < -0.39 is 9.05 Å². The molecule has 0 saturated heterocycles.